The summed E-state index contributed by atoms with van der Waals surface area (Å²) in [4.78, 5) is 20.2. The molecule has 1 atom stereocenters. The molecule has 28 heavy (non-hydrogen) atoms. The number of nitrogens with zero attached hydrogens (tertiary/aromatic N) is 3. The Bertz CT molecular complexity index is 1090. The number of benzene rings is 2. The van der Waals surface area contributed by atoms with Crippen LogP contribution in [0.5, 0.6) is 0 Å². The number of nitriles is 1. The summed E-state index contributed by atoms with van der Waals surface area (Å²) >= 11 is 0. The predicted octanol–water partition coefficient (Wildman–Crippen LogP) is 3.20. The van der Waals surface area contributed by atoms with Crippen molar-refractivity contribution in [2.45, 2.75) is 19.0 Å². The third-order valence-electron chi connectivity index (χ3n) is 5.66. The summed E-state index contributed by atoms with van der Waals surface area (Å²) in [6, 6.07) is 18.3. The minimum absolute atomic E-state index is 0.166. The highest BCUT2D eigenvalue weighted by molar-refractivity contribution is 5.89. The van der Waals surface area contributed by atoms with Crippen LogP contribution in [0.3, 0.4) is 0 Å². The Morgan fingerprint density at radius 1 is 1.18 bits per heavy atom. The van der Waals surface area contributed by atoms with E-state index in [1.165, 1.54) is 12.0 Å². The van der Waals surface area contributed by atoms with Crippen LogP contribution in [-0.2, 0) is 6.54 Å². The second-order valence-corrected chi connectivity index (χ2v) is 7.73. The summed E-state index contributed by atoms with van der Waals surface area (Å²) in [6.45, 7) is 3.17. The van der Waals surface area contributed by atoms with Gasteiger partial charge in [-0.3, -0.25) is 9.69 Å². The number of likely N-dealkylation sites (N-methyl/N-ethyl adjacent to an activating group) is 1. The molecule has 5 heteroatoms. The lowest BCUT2D eigenvalue weighted by Gasteiger charge is -2.20. The molecule has 5 nitrogen and oxygen atoms in total. The van der Waals surface area contributed by atoms with E-state index in [0.717, 1.165) is 30.9 Å². The van der Waals surface area contributed by atoms with Gasteiger partial charge < -0.3 is 9.88 Å². The van der Waals surface area contributed by atoms with Crippen LogP contribution in [0.2, 0.25) is 0 Å². The van der Waals surface area contributed by atoms with E-state index in [4.69, 9.17) is 0 Å². The largest absolute Gasteiger partial charge is 0.321 e. The normalized spacial score (nSPS) is 17.3. The van der Waals surface area contributed by atoms with Crippen molar-refractivity contribution in [3.8, 4) is 17.3 Å². The van der Waals surface area contributed by atoms with Crippen molar-refractivity contribution >= 4 is 10.8 Å². The van der Waals surface area contributed by atoms with E-state index in [2.05, 4.69) is 47.1 Å². The first kappa shape index (κ1) is 18.4. The molecule has 0 bridgehead atoms. The minimum atomic E-state index is -0.166. The van der Waals surface area contributed by atoms with Crippen molar-refractivity contribution in [2.24, 2.45) is 0 Å². The fraction of sp³-hybridized carbons (Fsp3) is 0.304. The van der Waals surface area contributed by atoms with Crippen LogP contribution in [0.25, 0.3) is 22.0 Å². The van der Waals surface area contributed by atoms with Crippen molar-refractivity contribution in [1.82, 2.24) is 14.8 Å². The second kappa shape index (κ2) is 7.59. The van der Waals surface area contributed by atoms with Crippen LogP contribution in [0.4, 0.5) is 0 Å². The number of likely N-dealkylation sites (tertiary alicyclic amines) is 1. The van der Waals surface area contributed by atoms with Gasteiger partial charge >= 0.3 is 0 Å². The number of pyridine rings is 1. The van der Waals surface area contributed by atoms with E-state index >= 15 is 0 Å². The van der Waals surface area contributed by atoms with Crippen LogP contribution < -0.4 is 5.56 Å². The van der Waals surface area contributed by atoms with E-state index in [-0.39, 0.29) is 5.56 Å². The molecule has 2 aromatic carbocycles. The molecule has 1 unspecified atom stereocenters. The molecular weight excluding hydrogens is 348 g/mol. The zero-order chi connectivity index (χ0) is 19.7. The molecule has 1 aliphatic heterocycles. The molecule has 1 N–H and O–H groups in total. The Hall–Kier alpha value is -2.94. The first-order valence-corrected chi connectivity index (χ1v) is 9.59. The highest BCUT2D eigenvalue weighted by Crippen LogP contribution is 2.23. The fourth-order valence-electron chi connectivity index (χ4n) is 3.97. The summed E-state index contributed by atoms with van der Waals surface area (Å²) in [5.41, 5.74) is 3.30. The van der Waals surface area contributed by atoms with Gasteiger partial charge in [0.05, 0.1) is 11.6 Å². The molecule has 1 fully saturated rings. The fourth-order valence-corrected chi connectivity index (χ4v) is 3.97. The van der Waals surface area contributed by atoms with Crippen molar-refractivity contribution < 1.29 is 0 Å². The van der Waals surface area contributed by atoms with Gasteiger partial charge in [0.15, 0.2) is 0 Å². The lowest BCUT2D eigenvalue weighted by Crippen LogP contribution is -2.31. The molecule has 142 valence electrons. The van der Waals surface area contributed by atoms with Gasteiger partial charge in [-0.15, -0.1) is 0 Å². The maximum atomic E-state index is 12.4. The molecule has 3 aromatic rings. The first-order valence-electron chi connectivity index (χ1n) is 9.59. The van der Waals surface area contributed by atoms with Gasteiger partial charge in [0.1, 0.15) is 0 Å². The molecule has 2 heterocycles. The highest BCUT2D eigenvalue weighted by Gasteiger charge is 2.23. The number of fused-ring (bicyclic) bond motifs is 1. The Morgan fingerprint density at radius 2 is 1.96 bits per heavy atom. The van der Waals surface area contributed by atoms with Gasteiger partial charge in [0.2, 0.25) is 0 Å². The molecule has 0 saturated carbocycles. The molecule has 0 spiro atoms. The predicted molar refractivity (Wildman–Crippen MR) is 112 cm³/mol. The maximum Gasteiger partial charge on any atom is 0.256 e. The molecule has 0 amide bonds. The standard InChI is InChI=1S/C23H24N4O/c1-26(2)19-10-11-27(15-19)14-16-6-8-17(9-7-16)22-12-21-18(13-24)4-3-5-20(21)23(28)25-22/h3-9,12,19H,10-11,14-15H2,1-2H3,(H,25,28). The Balaban J connectivity index is 1.58. The Labute approximate surface area is 164 Å². The number of nitrogens with one attached hydrogen (secondary N) is 1. The number of H-pyrrole nitrogens is 1. The molecular formula is C23H24N4O. The van der Waals surface area contributed by atoms with Crippen molar-refractivity contribution in [2.75, 3.05) is 27.2 Å². The zero-order valence-corrected chi connectivity index (χ0v) is 16.3. The van der Waals surface area contributed by atoms with Gasteiger partial charge in [-0.05, 0) is 49.8 Å². The van der Waals surface area contributed by atoms with Gasteiger partial charge in [-0.1, -0.05) is 30.3 Å². The maximum absolute atomic E-state index is 12.4. The van der Waals surface area contributed by atoms with Gasteiger partial charge in [-0.25, -0.2) is 0 Å². The Kier molecular flexibility index (Phi) is 4.99. The number of aromatic nitrogens is 1. The van der Waals surface area contributed by atoms with Crippen molar-refractivity contribution in [3.63, 3.8) is 0 Å². The van der Waals surface area contributed by atoms with Crippen molar-refractivity contribution in [3.05, 3.63) is 70.0 Å². The summed E-state index contributed by atoms with van der Waals surface area (Å²) in [6.07, 6.45) is 1.21. The van der Waals surface area contributed by atoms with E-state index in [0.29, 0.717) is 22.4 Å². The Morgan fingerprint density at radius 3 is 2.64 bits per heavy atom. The average molecular weight is 372 g/mol. The van der Waals surface area contributed by atoms with Gasteiger partial charge in [-0.2, -0.15) is 5.26 Å². The summed E-state index contributed by atoms with van der Waals surface area (Å²) in [5, 5.41) is 10.6. The van der Waals surface area contributed by atoms with Crippen LogP contribution >= 0.6 is 0 Å². The van der Waals surface area contributed by atoms with Crippen LogP contribution in [-0.4, -0.2) is 48.0 Å². The van der Waals surface area contributed by atoms with Gasteiger partial charge in [0, 0.05) is 42.1 Å². The smallest absolute Gasteiger partial charge is 0.256 e. The highest BCUT2D eigenvalue weighted by atomic mass is 16.1. The van der Waals surface area contributed by atoms with Crippen molar-refractivity contribution in [1.29, 1.82) is 5.26 Å². The van der Waals surface area contributed by atoms with E-state index in [1.54, 1.807) is 18.2 Å². The summed E-state index contributed by atoms with van der Waals surface area (Å²) < 4.78 is 0. The number of rotatable bonds is 4. The second-order valence-electron chi connectivity index (χ2n) is 7.73. The SMILES string of the molecule is CN(C)C1CCN(Cc2ccc(-c3cc4c(C#N)cccc4c(=O)[nH]3)cc2)C1. The molecule has 1 aromatic heterocycles. The molecule has 1 aliphatic rings. The number of hydrogen-bond donors (Lipinski definition) is 1. The molecule has 4 rings (SSSR count). The monoisotopic (exact) mass is 372 g/mol. The lowest BCUT2D eigenvalue weighted by atomic mass is 10.0. The number of aromatic amines is 1. The summed E-state index contributed by atoms with van der Waals surface area (Å²) in [5.74, 6) is 0. The quantitative estimate of drug-likeness (QED) is 0.764. The average Bonchev–Trinajstić information content (AvgIpc) is 3.17. The lowest BCUT2D eigenvalue weighted by molar-refractivity contribution is 0.264. The van der Waals surface area contributed by atoms with Gasteiger partial charge in [0.25, 0.3) is 5.56 Å². The zero-order valence-electron chi connectivity index (χ0n) is 16.3. The first-order chi connectivity index (χ1) is 13.5. The topological polar surface area (TPSA) is 63.1 Å². The number of hydrogen-bond acceptors (Lipinski definition) is 4. The minimum Gasteiger partial charge on any atom is -0.321 e. The van der Waals surface area contributed by atoms with E-state index < -0.39 is 0 Å². The van der Waals surface area contributed by atoms with Crippen LogP contribution in [0.15, 0.2) is 53.3 Å². The van der Waals surface area contributed by atoms with Crippen LogP contribution in [0, 0.1) is 11.3 Å². The third-order valence-corrected chi connectivity index (χ3v) is 5.66. The summed E-state index contributed by atoms with van der Waals surface area (Å²) in [7, 11) is 4.29. The van der Waals surface area contributed by atoms with E-state index in [1.807, 2.05) is 18.2 Å². The third kappa shape index (κ3) is 3.57. The molecule has 0 aliphatic carbocycles. The molecule has 1 saturated heterocycles. The van der Waals surface area contributed by atoms with Crippen LogP contribution in [0.1, 0.15) is 17.5 Å². The molecule has 0 radical (unpaired) electrons. The van der Waals surface area contributed by atoms with E-state index in [9.17, 15) is 10.1 Å².